The van der Waals surface area contributed by atoms with Gasteiger partial charge in [0, 0.05) is 6.42 Å². The summed E-state index contributed by atoms with van der Waals surface area (Å²) in [6.45, 7) is -0.338. The van der Waals surface area contributed by atoms with E-state index in [4.69, 9.17) is 4.74 Å². The molecule has 1 atom stereocenters. The Hall–Kier alpha value is -2.29. The number of hydrogen-bond acceptors (Lipinski definition) is 7. The first kappa shape index (κ1) is 15.6. The lowest BCUT2D eigenvalue weighted by atomic mass is 10.1. The highest BCUT2D eigenvalue weighted by Crippen LogP contribution is 2.21. The molecule has 23 heavy (non-hydrogen) atoms. The van der Waals surface area contributed by atoms with E-state index >= 15 is 0 Å². The Labute approximate surface area is 132 Å². The second kappa shape index (κ2) is 6.07. The van der Waals surface area contributed by atoms with E-state index in [0.29, 0.717) is 17.3 Å². The highest BCUT2D eigenvalue weighted by Gasteiger charge is 2.29. The van der Waals surface area contributed by atoms with Gasteiger partial charge in [0.05, 0.1) is 16.9 Å². The molecule has 8 nitrogen and oxygen atoms in total. The van der Waals surface area contributed by atoms with E-state index in [2.05, 4.69) is 10.3 Å². The lowest BCUT2D eigenvalue weighted by Crippen LogP contribution is -2.27. The molecule has 0 bridgehead atoms. The van der Waals surface area contributed by atoms with Crippen LogP contribution in [0.15, 0.2) is 29.1 Å². The fourth-order valence-corrected chi connectivity index (χ4v) is 4.43. The predicted molar refractivity (Wildman–Crippen MR) is 81.3 cm³/mol. The van der Waals surface area contributed by atoms with E-state index in [9.17, 15) is 18.0 Å². The van der Waals surface area contributed by atoms with Gasteiger partial charge in [0.15, 0.2) is 16.6 Å². The van der Waals surface area contributed by atoms with Crippen molar-refractivity contribution >= 4 is 26.7 Å². The lowest BCUT2D eigenvalue weighted by Gasteiger charge is -2.09. The van der Waals surface area contributed by atoms with Gasteiger partial charge in [0.25, 0.3) is 5.56 Å². The molecule has 0 N–H and O–H groups in total. The molecule has 1 aromatic heterocycles. The normalized spacial score (nSPS) is 19.7. The maximum Gasteiger partial charge on any atom is 0.307 e. The maximum absolute atomic E-state index is 12.2. The highest BCUT2D eigenvalue weighted by molar-refractivity contribution is 7.91. The molecule has 9 heteroatoms. The van der Waals surface area contributed by atoms with Crippen LogP contribution in [0, 0.1) is 5.92 Å². The first-order valence-electron chi connectivity index (χ1n) is 7.13. The summed E-state index contributed by atoms with van der Waals surface area (Å²) in [7, 11) is -3.02. The summed E-state index contributed by atoms with van der Waals surface area (Å²) in [5.74, 6) is -0.640. The number of rotatable bonds is 4. The van der Waals surface area contributed by atoms with Gasteiger partial charge in [-0.3, -0.25) is 9.59 Å². The summed E-state index contributed by atoms with van der Waals surface area (Å²) in [6, 6.07) is 6.74. The molecule has 0 radical (unpaired) electrons. The third-order valence-electron chi connectivity index (χ3n) is 3.76. The molecule has 2 aromatic rings. The molecule has 3 rings (SSSR count). The third kappa shape index (κ3) is 3.55. The van der Waals surface area contributed by atoms with E-state index in [0.717, 1.165) is 4.68 Å². The SMILES string of the molecule is O=C(C[C@H]1CCS(=O)(=O)C1)OCn1nnc2ccccc2c1=O. The Kier molecular flexibility index (Phi) is 4.12. The van der Waals surface area contributed by atoms with Crippen LogP contribution in [0.5, 0.6) is 0 Å². The number of carbonyl (C=O) groups is 1. The second-order valence-electron chi connectivity index (χ2n) is 5.53. The molecule has 1 saturated heterocycles. The van der Waals surface area contributed by atoms with Gasteiger partial charge in [-0.1, -0.05) is 17.3 Å². The van der Waals surface area contributed by atoms with Crippen LogP contribution < -0.4 is 5.56 Å². The van der Waals surface area contributed by atoms with E-state index in [1.807, 2.05) is 0 Å². The zero-order chi connectivity index (χ0) is 16.4. The van der Waals surface area contributed by atoms with Gasteiger partial charge in [-0.15, -0.1) is 5.10 Å². The zero-order valence-corrected chi connectivity index (χ0v) is 13.0. The second-order valence-corrected chi connectivity index (χ2v) is 7.76. The number of fused-ring (bicyclic) bond motifs is 1. The summed E-state index contributed by atoms with van der Waals surface area (Å²) in [5.41, 5.74) is 0.0723. The summed E-state index contributed by atoms with van der Waals surface area (Å²) >= 11 is 0. The molecule has 0 aliphatic carbocycles. The van der Waals surface area contributed by atoms with Crippen LogP contribution in [-0.2, 0) is 26.1 Å². The molecule has 1 aliphatic rings. The van der Waals surface area contributed by atoms with E-state index in [1.54, 1.807) is 24.3 Å². The molecule has 1 aromatic carbocycles. The summed E-state index contributed by atoms with van der Waals surface area (Å²) < 4.78 is 28.7. The van der Waals surface area contributed by atoms with Gasteiger partial charge < -0.3 is 4.74 Å². The quantitative estimate of drug-likeness (QED) is 0.729. The van der Waals surface area contributed by atoms with Crippen molar-refractivity contribution in [3.8, 4) is 0 Å². The molecular formula is C14H15N3O5S. The zero-order valence-electron chi connectivity index (χ0n) is 12.2. The van der Waals surface area contributed by atoms with Crippen molar-refractivity contribution in [2.45, 2.75) is 19.6 Å². The number of nitrogens with zero attached hydrogens (tertiary/aromatic N) is 3. The first-order valence-corrected chi connectivity index (χ1v) is 8.95. The van der Waals surface area contributed by atoms with Crippen LogP contribution >= 0.6 is 0 Å². The minimum absolute atomic E-state index is 0.0117. The molecule has 0 spiro atoms. The predicted octanol–water partition coefficient (Wildman–Crippen LogP) is 0.117. The molecule has 0 amide bonds. The van der Waals surface area contributed by atoms with Gasteiger partial charge in [0.1, 0.15) is 5.52 Å². The van der Waals surface area contributed by atoms with Gasteiger partial charge in [-0.05, 0) is 24.5 Å². The standard InChI is InChI=1S/C14H15N3O5S/c18-13(7-10-5-6-23(20,21)8-10)22-9-17-14(19)11-3-1-2-4-12(11)15-16-17/h1-4,10H,5-9H2/t10-/m1/s1. The van der Waals surface area contributed by atoms with Gasteiger partial charge in [-0.2, -0.15) is 4.68 Å². The number of esters is 1. The van der Waals surface area contributed by atoms with Crippen LogP contribution in [0.1, 0.15) is 12.8 Å². The fraction of sp³-hybridized carbons (Fsp3) is 0.429. The maximum atomic E-state index is 12.2. The van der Waals surface area contributed by atoms with Crippen LogP contribution in [0.3, 0.4) is 0 Å². The molecule has 1 fully saturated rings. The summed E-state index contributed by atoms with van der Waals surface area (Å²) in [5, 5.41) is 7.99. The van der Waals surface area contributed by atoms with Crippen LogP contribution in [0.25, 0.3) is 10.9 Å². The van der Waals surface area contributed by atoms with Crippen LogP contribution in [-0.4, -0.2) is 40.9 Å². The van der Waals surface area contributed by atoms with Gasteiger partial charge in [-0.25, -0.2) is 8.42 Å². The molecule has 0 unspecified atom stereocenters. The van der Waals surface area contributed by atoms with Crippen molar-refractivity contribution in [1.82, 2.24) is 15.0 Å². The average Bonchev–Trinajstić information content (AvgIpc) is 2.85. The average molecular weight is 337 g/mol. The molecule has 1 aliphatic heterocycles. The number of ether oxygens (including phenoxy) is 1. The largest absolute Gasteiger partial charge is 0.442 e. The van der Waals surface area contributed by atoms with E-state index in [1.165, 1.54) is 0 Å². The molecular weight excluding hydrogens is 322 g/mol. The number of aromatic nitrogens is 3. The van der Waals surface area contributed by atoms with E-state index in [-0.39, 0.29) is 30.6 Å². The lowest BCUT2D eigenvalue weighted by molar-refractivity contribution is -0.149. The number of hydrogen-bond donors (Lipinski definition) is 0. The molecule has 122 valence electrons. The minimum atomic E-state index is -3.02. The van der Waals surface area contributed by atoms with Crippen LogP contribution in [0.4, 0.5) is 0 Å². The summed E-state index contributed by atoms with van der Waals surface area (Å²) in [6.07, 6.45) is 0.488. The number of carbonyl (C=O) groups excluding carboxylic acids is 1. The van der Waals surface area contributed by atoms with Gasteiger partial charge in [0.2, 0.25) is 0 Å². The smallest absolute Gasteiger partial charge is 0.307 e. The van der Waals surface area contributed by atoms with Crippen molar-refractivity contribution in [3.05, 3.63) is 34.6 Å². The van der Waals surface area contributed by atoms with Crippen LogP contribution in [0.2, 0.25) is 0 Å². The summed E-state index contributed by atoms with van der Waals surface area (Å²) in [4.78, 5) is 23.9. The Morgan fingerprint density at radius 2 is 2.13 bits per heavy atom. The fourth-order valence-electron chi connectivity index (χ4n) is 2.57. The van der Waals surface area contributed by atoms with Crippen molar-refractivity contribution in [2.24, 2.45) is 5.92 Å². The Bertz CT molecular complexity index is 906. The monoisotopic (exact) mass is 337 g/mol. The van der Waals surface area contributed by atoms with Crippen molar-refractivity contribution in [2.75, 3.05) is 11.5 Å². The molecule has 2 heterocycles. The van der Waals surface area contributed by atoms with Crippen molar-refractivity contribution < 1.29 is 17.9 Å². The van der Waals surface area contributed by atoms with E-state index < -0.39 is 21.4 Å². The third-order valence-corrected chi connectivity index (χ3v) is 5.60. The highest BCUT2D eigenvalue weighted by atomic mass is 32.2. The van der Waals surface area contributed by atoms with Crippen molar-refractivity contribution in [3.63, 3.8) is 0 Å². The minimum Gasteiger partial charge on any atom is -0.442 e. The Morgan fingerprint density at radius 3 is 2.87 bits per heavy atom. The van der Waals surface area contributed by atoms with Crippen molar-refractivity contribution in [1.29, 1.82) is 0 Å². The topological polar surface area (TPSA) is 108 Å². The number of benzene rings is 1. The van der Waals surface area contributed by atoms with Gasteiger partial charge >= 0.3 is 5.97 Å². The first-order chi connectivity index (χ1) is 10.9. The molecule has 0 saturated carbocycles. The Balaban J connectivity index is 1.63. The Morgan fingerprint density at radius 1 is 1.35 bits per heavy atom. The number of sulfone groups is 1.